The lowest BCUT2D eigenvalue weighted by Gasteiger charge is -2.15. The number of rotatable bonds is 6. The molecule has 1 heterocycles. The molecule has 0 bridgehead atoms. The molecule has 0 atom stereocenters. The van der Waals surface area contributed by atoms with E-state index in [1.807, 2.05) is 30.3 Å². The Morgan fingerprint density at radius 1 is 0.897 bits per heavy atom. The van der Waals surface area contributed by atoms with Gasteiger partial charge in [0.15, 0.2) is 0 Å². The van der Waals surface area contributed by atoms with E-state index in [1.165, 1.54) is 0 Å². The van der Waals surface area contributed by atoms with Crippen LogP contribution in [0.2, 0.25) is 0 Å². The van der Waals surface area contributed by atoms with Crippen LogP contribution in [0.4, 0.5) is 5.69 Å². The molecule has 29 heavy (non-hydrogen) atoms. The zero-order chi connectivity index (χ0) is 20.6. The molecule has 1 aliphatic heterocycles. The molecule has 3 rings (SSSR count). The largest absolute Gasteiger partial charge is 0.343 e. The van der Waals surface area contributed by atoms with Crippen molar-refractivity contribution in [1.29, 1.82) is 0 Å². The Morgan fingerprint density at radius 2 is 1.59 bits per heavy atom. The molecule has 1 fully saturated rings. The van der Waals surface area contributed by atoms with Crippen LogP contribution in [0.5, 0.6) is 0 Å². The van der Waals surface area contributed by atoms with Gasteiger partial charge in [-0.2, -0.15) is 0 Å². The first-order chi connectivity index (χ1) is 14.0. The number of amides is 4. The Labute approximate surface area is 168 Å². The minimum Gasteiger partial charge on any atom is -0.343 e. The van der Waals surface area contributed by atoms with Gasteiger partial charge in [-0.1, -0.05) is 30.3 Å². The number of nitrogens with zero attached hydrogens (tertiary/aromatic N) is 1. The first kappa shape index (κ1) is 20.1. The normalized spacial score (nSPS) is 13.1. The van der Waals surface area contributed by atoms with Crippen LogP contribution in [0.3, 0.4) is 0 Å². The van der Waals surface area contributed by atoms with E-state index < -0.39 is 11.8 Å². The number of nitrogens with one attached hydrogen (secondary N) is 3. The fourth-order valence-corrected chi connectivity index (χ4v) is 2.99. The number of hydrazine groups is 1. The van der Waals surface area contributed by atoms with Gasteiger partial charge in [0.05, 0.1) is 13.0 Å². The highest BCUT2D eigenvalue weighted by atomic mass is 16.2. The first-order valence-electron chi connectivity index (χ1n) is 9.33. The van der Waals surface area contributed by atoms with E-state index in [2.05, 4.69) is 16.2 Å². The average molecular weight is 394 g/mol. The number of carbonyl (C=O) groups is 4. The van der Waals surface area contributed by atoms with Gasteiger partial charge in [-0.3, -0.25) is 30.0 Å². The van der Waals surface area contributed by atoms with E-state index in [0.717, 1.165) is 17.7 Å². The van der Waals surface area contributed by atoms with Crippen molar-refractivity contribution in [2.75, 3.05) is 18.0 Å². The molecule has 8 heteroatoms. The van der Waals surface area contributed by atoms with Crippen molar-refractivity contribution in [1.82, 2.24) is 16.2 Å². The summed E-state index contributed by atoms with van der Waals surface area (Å²) in [6.45, 7) is 0.400. The minimum absolute atomic E-state index is 0.0770. The monoisotopic (exact) mass is 394 g/mol. The van der Waals surface area contributed by atoms with E-state index >= 15 is 0 Å². The maximum atomic E-state index is 12.2. The fourth-order valence-electron chi connectivity index (χ4n) is 2.99. The van der Waals surface area contributed by atoms with E-state index in [-0.39, 0.29) is 24.8 Å². The van der Waals surface area contributed by atoms with Crippen LogP contribution in [-0.2, 0) is 20.8 Å². The molecule has 3 N–H and O–H groups in total. The molecule has 2 aromatic rings. The van der Waals surface area contributed by atoms with Gasteiger partial charge in [-0.05, 0) is 36.2 Å². The smallest absolute Gasteiger partial charge is 0.257 e. The van der Waals surface area contributed by atoms with Gasteiger partial charge < -0.3 is 10.2 Å². The SMILES string of the molecule is O=C(CNC(=O)c1ccc(N2CCCC2=O)cc1)NNC(=O)Cc1ccccc1. The molecule has 0 aromatic heterocycles. The second kappa shape index (κ2) is 9.50. The van der Waals surface area contributed by atoms with E-state index in [9.17, 15) is 19.2 Å². The Hall–Kier alpha value is -3.68. The summed E-state index contributed by atoms with van der Waals surface area (Å²) in [6, 6.07) is 15.8. The maximum absolute atomic E-state index is 12.2. The molecule has 1 aliphatic rings. The van der Waals surface area contributed by atoms with Gasteiger partial charge in [0.25, 0.3) is 11.8 Å². The summed E-state index contributed by atoms with van der Waals surface area (Å²) in [5.41, 5.74) is 6.53. The highest BCUT2D eigenvalue weighted by Gasteiger charge is 2.21. The number of anilines is 1. The topological polar surface area (TPSA) is 108 Å². The molecule has 1 saturated heterocycles. The second-order valence-corrected chi connectivity index (χ2v) is 6.64. The molecular formula is C21H22N4O4. The standard InChI is InChI=1S/C21H22N4O4/c26-18(13-15-5-2-1-3-6-15)23-24-19(27)14-22-21(29)16-8-10-17(11-9-16)25-12-4-7-20(25)28/h1-3,5-6,8-11H,4,7,12-14H2,(H,22,29)(H,23,26)(H,24,27). The molecule has 0 radical (unpaired) electrons. The zero-order valence-electron chi connectivity index (χ0n) is 15.8. The van der Waals surface area contributed by atoms with Crippen molar-refractivity contribution >= 4 is 29.3 Å². The summed E-state index contributed by atoms with van der Waals surface area (Å²) in [5, 5.41) is 2.49. The van der Waals surface area contributed by atoms with Crippen LogP contribution in [-0.4, -0.2) is 36.7 Å². The summed E-state index contributed by atoms with van der Waals surface area (Å²) in [6.07, 6.45) is 1.51. The molecular weight excluding hydrogens is 372 g/mol. The summed E-state index contributed by atoms with van der Waals surface area (Å²) in [7, 11) is 0. The summed E-state index contributed by atoms with van der Waals surface area (Å²) in [5.74, 6) is -1.25. The summed E-state index contributed by atoms with van der Waals surface area (Å²) >= 11 is 0. The average Bonchev–Trinajstić information content (AvgIpc) is 3.17. The van der Waals surface area contributed by atoms with Crippen molar-refractivity contribution in [2.45, 2.75) is 19.3 Å². The first-order valence-corrected chi connectivity index (χ1v) is 9.33. The van der Waals surface area contributed by atoms with Gasteiger partial charge in [-0.25, -0.2) is 0 Å². The second-order valence-electron chi connectivity index (χ2n) is 6.64. The Balaban J connectivity index is 1.41. The zero-order valence-corrected chi connectivity index (χ0v) is 15.8. The molecule has 8 nitrogen and oxygen atoms in total. The molecule has 0 saturated carbocycles. The van der Waals surface area contributed by atoms with Gasteiger partial charge in [0.2, 0.25) is 11.8 Å². The van der Waals surface area contributed by atoms with Gasteiger partial charge in [0.1, 0.15) is 0 Å². The van der Waals surface area contributed by atoms with Crippen LogP contribution in [0, 0.1) is 0 Å². The minimum atomic E-state index is -0.543. The predicted octanol–water partition coefficient (Wildman–Crippen LogP) is 0.933. The molecule has 0 aliphatic carbocycles. The van der Waals surface area contributed by atoms with Crippen molar-refractivity contribution in [3.63, 3.8) is 0 Å². The van der Waals surface area contributed by atoms with Crippen LogP contribution in [0.1, 0.15) is 28.8 Å². The van der Waals surface area contributed by atoms with Crippen molar-refractivity contribution in [2.24, 2.45) is 0 Å². The molecule has 2 aromatic carbocycles. The van der Waals surface area contributed by atoms with Gasteiger partial charge in [-0.15, -0.1) is 0 Å². The number of carbonyl (C=O) groups excluding carboxylic acids is 4. The highest BCUT2D eigenvalue weighted by molar-refractivity contribution is 5.98. The van der Waals surface area contributed by atoms with Crippen molar-refractivity contribution < 1.29 is 19.2 Å². The lowest BCUT2D eigenvalue weighted by Crippen LogP contribution is -2.46. The Morgan fingerprint density at radius 3 is 2.24 bits per heavy atom. The van der Waals surface area contributed by atoms with Gasteiger partial charge in [0, 0.05) is 24.2 Å². The third kappa shape index (κ3) is 5.65. The lowest BCUT2D eigenvalue weighted by molar-refractivity contribution is -0.128. The molecule has 0 unspecified atom stereocenters. The number of hydrogen-bond donors (Lipinski definition) is 3. The predicted molar refractivity (Wildman–Crippen MR) is 107 cm³/mol. The summed E-state index contributed by atoms with van der Waals surface area (Å²) in [4.78, 5) is 49.2. The van der Waals surface area contributed by atoms with Crippen molar-refractivity contribution in [3.05, 3.63) is 65.7 Å². The highest BCUT2D eigenvalue weighted by Crippen LogP contribution is 2.21. The van der Waals surface area contributed by atoms with E-state index in [1.54, 1.807) is 29.2 Å². The third-order valence-electron chi connectivity index (χ3n) is 4.47. The van der Waals surface area contributed by atoms with Crippen molar-refractivity contribution in [3.8, 4) is 0 Å². The van der Waals surface area contributed by atoms with E-state index in [4.69, 9.17) is 0 Å². The fraction of sp³-hybridized carbons (Fsp3) is 0.238. The van der Waals surface area contributed by atoms with Crippen LogP contribution in [0.25, 0.3) is 0 Å². The quantitative estimate of drug-likeness (QED) is 0.634. The number of benzene rings is 2. The lowest BCUT2D eigenvalue weighted by atomic mass is 10.1. The molecule has 150 valence electrons. The molecule has 0 spiro atoms. The summed E-state index contributed by atoms with van der Waals surface area (Å²) < 4.78 is 0. The Bertz CT molecular complexity index is 897. The third-order valence-corrected chi connectivity index (χ3v) is 4.47. The van der Waals surface area contributed by atoms with Crippen LogP contribution in [0.15, 0.2) is 54.6 Å². The maximum Gasteiger partial charge on any atom is 0.257 e. The van der Waals surface area contributed by atoms with Gasteiger partial charge >= 0.3 is 0 Å². The Kier molecular flexibility index (Phi) is 6.57. The van der Waals surface area contributed by atoms with Crippen LogP contribution < -0.4 is 21.1 Å². The number of hydrogen-bond acceptors (Lipinski definition) is 4. The van der Waals surface area contributed by atoms with E-state index in [0.29, 0.717) is 18.5 Å². The van der Waals surface area contributed by atoms with Crippen LogP contribution >= 0.6 is 0 Å². The molecule has 4 amide bonds.